The Morgan fingerprint density at radius 2 is 2.50 bits per heavy atom. The number of halogens is 1. The van der Waals surface area contributed by atoms with E-state index in [0.717, 1.165) is 25.1 Å². The highest BCUT2D eigenvalue weighted by Crippen LogP contribution is 2.25. The second-order valence-electron chi connectivity index (χ2n) is 3.39. The maximum atomic E-state index is 13.0. The minimum Gasteiger partial charge on any atom is -0.494 e. The highest BCUT2D eigenvalue weighted by molar-refractivity contribution is 5.26. The molecule has 0 aromatic carbocycles. The fourth-order valence-corrected chi connectivity index (χ4v) is 1.72. The van der Waals surface area contributed by atoms with Crippen LogP contribution in [0.5, 0.6) is 5.75 Å². The van der Waals surface area contributed by atoms with Gasteiger partial charge in [-0.3, -0.25) is 4.98 Å². The summed E-state index contributed by atoms with van der Waals surface area (Å²) in [7, 11) is 1.46. The number of methoxy groups -OCH3 is 1. The van der Waals surface area contributed by atoms with Crippen LogP contribution in [0.4, 0.5) is 4.39 Å². The second kappa shape index (κ2) is 3.92. The third-order valence-corrected chi connectivity index (χ3v) is 2.48. The maximum Gasteiger partial charge on any atom is 0.183 e. The van der Waals surface area contributed by atoms with E-state index in [1.165, 1.54) is 13.3 Å². The Morgan fingerprint density at radius 1 is 1.64 bits per heavy atom. The van der Waals surface area contributed by atoms with Gasteiger partial charge in [0.25, 0.3) is 0 Å². The smallest absolute Gasteiger partial charge is 0.183 e. The summed E-state index contributed by atoms with van der Waals surface area (Å²) < 4.78 is 18.0. The number of aromatic nitrogens is 1. The summed E-state index contributed by atoms with van der Waals surface area (Å²) in [6.07, 6.45) is 3.42. The summed E-state index contributed by atoms with van der Waals surface area (Å²) in [6.45, 7) is 1.01. The summed E-state index contributed by atoms with van der Waals surface area (Å²) in [5.74, 6) is -0.141. The Bertz CT molecular complexity index is 324. The van der Waals surface area contributed by atoms with Crippen LogP contribution in [0.15, 0.2) is 12.3 Å². The largest absolute Gasteiger partial charge is 0.494 e. The fourth-order valence-electron chi connectivity index (χ4n) is 1.72. The second-order valence-corrected chi connectivity index (χ2v) is 3.39. The SMILES string of the molecule is COc1cc(C2CCCN2)ncc1F. The van der Waals surface area contributed by atoms with Gasteiger partial charge in [-0.25, -0.2) is 4.39 Å². The van der Waals surface area contributed by atoms with Crippen molar-refractivity contribution in [3.63, 3.8) is 0 Å². The molecule has 2 heterocycles. The molecule has 3 nitrogen and oxygen atoms in total. The standard InChI is InChI=1S/C10H13FN2O/c1-14-10-5-9(13-6-7(10)11)8-3-2-4-12-8/h5-6,8,12H,2-4H2,1H3. The van der Waals surface area contributed by atoms with E-state index in [4.69, 9.17) is 4.74 Å². The molecular formula is C10H13FN2O. The molecule has 4 heteroatoms. The molecule has 1 aliphatic rings. The third kappa shape index (κ3) is 1.70. The van der Waals surface area contributed by atoms with Crippen molar-refractivity contribution in [2.75, 3.05) is 13.7 Å². The van der Waals surface area contributed by atoms with Gasteiger partial charge in [-0.05, 0) is 19.4 Å². The van der Waals surface area contributed by atoms with Gasteiger partial charge >= 0.3 is 0 Å². The lowest BCUT2D eigenvalue weighted by Gasteiger charge is -2.10. The van der Waals surface area contributed by atoms with Crippen molar-refractivity contribution in [2.45, 2.75) is 18.9 Å². The molecule has 2 rings (SSSR count). The van der Waals surface area contributed by atoms with Gasteiger partial charge in [-0.2, -0.15) is 0 Å². The predicted molar refractivity (Wildman–Crippen MR) is 50.7 cm³/mol. The summed E-state index contributed by atoms with van der Waals surface area (Å²) in [6, 6.07) is 1.92. The Balaban J connectivity index is 2.25. The molecule has 0 amide bonds. The van der Waals surface area contributed by atoms with Gasteiger partial charge in [0.05, 0.1) is 19.0 Å². The average molecular weight is 196 g/mol. The zero-order valence-electron chi connectivity index (χ0n) is 8.09. The molecule has 1 unspecified atom stereocenters. The molecule has 76 valence electrons. The van der Waals surface area contributed by atoms with E-state index in [1.807, 2.05) is 0 Å². The molecule has 0 saturated carbocycles. The molecule has 14 heavy (non-hydrogen) atoms. The minimum absolute atomic E-state index is 0.254. The predicted octanol–water partition coefficient (Wildman–Crippen LogP) is 1.65. The van der Waals surface area contributed by atoms with E-state index < -0.39 is 5.82 Å². The van der Waals surface area contributed by atoms with Gasteiger partial charge in [0.2, 0.25) is 0 Å². The number of nitrogens with one attached hydrogen (secondary N) is 1. The Labute approximate surface area is 82.3 Å². The third-order valence-electron chi connectivity index (χ3n) is 2.48. The molecule has 1 aromatic heterocycles. The fraction of sp³-hybridized carbons (Fsp3) is 0.500. The van der Waals surface area contributed by atoms with Gasteiger partial charge < -0.3 is 10.1 Å². The number of hydrogen-bond acceptors (Lipinski definition) is 3. The summed E-state index contributed by atoms with van der Waals surface area (Å²) in [5, 5.41) is 3.30. The lowest BCUT2D eigenvalue weighted by atomic mass is 10.1. The van der Waals surface area contributed by atoms with Crippen LogP contribution >= 0.6 is 0 Å². The topological polar surface area (TPSA) is 34.1 Å². The van der Waals surface area contributed by atoms with Crippen molar-refractivity contribution in [3.05, 3.63) is 23.8 Å². The van der Waals surface area contributed by atoms with E-state index in [0.29, 0.717) is 0 Å². The summed E-state index contributed by atoms with van der Waals surface area (Å²) in [4.78, 5) is 4.05. The first kappa shape index (κ1) is 9.40. The van der Waals surface area contributed by atoms with E-state index in [2.05, 4.69) is 10.3 Å². The normalized spacial score (nSPS) is 21.1. The first-order chi connectivity index (χ1) is 6.81. The van der Waals surface area contributed by atoms with Crippen LogP contribution < -0.4 is 10.1 Å². The number of nitrogens with zero attached hydrogens (tertiary/aromatic N) is 1. The van der Waals surface area contributed by atoms with Crippen LogP contribution in [-0.4, -0.2) is 18.6 Å². The lowest BCUT2D eigenvalue weighted by Crippen LogP contribution is -2.14. The van der Waals surface area contributed by atoms with Crippen LogP contribution in [0.1, 0.15) is 24.6 Å². The van der Waals surface area contributed by atoms with Crippen LogP contribution in [0.3, 0.4) is 0 Å². The highest BCUT2D eigenvalue weighted by atomic mass is 19.1. The Morgan fingerprint density at radius 3 is 3.14 bits per heavy atom. The quantitative estimate of drug-likeness (QED) is 0.781. The summed E-state index contributed by atoms with van der Waals surface area (Å²) in [5.41, 5.74) is 0.862. The van der Waals surface area contributed by atoms with Crippen molar-refractivity contribution in [1.82, 2.24) is 10.3 Å². The highest BCUT2D eigenvalue weighted by Gasteiger charge is 2.18. The first-order valence-electron chi connectivity index (χ1n) is 4.74. The summed E-state index contributed by atoms with van der Waals surface area (Å²) >= 11 is 0. The van der Waals surface area contributed by atoms with Gasteiger partial charge in [-0.1, -0.05) is 0 Å². The van der Waals surface area contributed by atoms with Gasteiger partial charge in [0, 0.05) is 12.1 Å². The van der Waals surface area contributed by atoms with E-state index in [1.54, 1.807) is 6.07 Å². The van der Waals surface area contributed by atoms with Crippen LogP contribution in [-0.2, 0) is 0 Å². The number of pyridine rings is 1. The van der Waals surface area contributed by atoms with Crippen LogP contribution in [0, 0.1) is 5.82 Å². The zero-order chi connectivity index (χ0) is 9.97. The van der Waals surface area contributed by atoms with E-state index in [9.17, 15) is 4.39 Å². The Kier molecular flexibility index (Phi) is 2.63. The van der Waals surface area contributed by atoms with Crippen molar-refractivity contribution in [2.24, 2.45) is 0 Å². The maximum absolute atomic E-state index is 13.0. The van der Waals surface area contributed by atoms with Gasteiger partial charge in [-0.15, -0.1) is 0 Å². The molecule has 1 aliphatic heterocycles. The molecule has 0 radical (unpaired) electrons. The van der Waals surface area contributed by atoms with Crippen LogP contribution in [0.25, 0.3) is 0 Å². The van der Waals surface area contributed by atoms with Gasteiger partial charge in [0.15, 0.2) is 11.6 Å². The number of rotatable bonds is 2. The van der Waals surface area contributed by atoms with Gasteiger partial charge in [0.1, 0.15) is 0 Å². The molecule has 0 spiro atoms. The number of hydrogen-bond donors (Lipinski definition) is 1. The van der Waals surface area contributed by atoms with E-state index in [-0.39, 0.29) is 11.8 Å². The molecule has 1 aromatic rings. The zero-order valence-corrected chi connectivity index (χ0v) is 8.09. The molecule has 0 aliphatic carbocycles. The van der Waals surface area contributed by atoms with Crippen molar-refractivity contribution in [3.8, 4) is 5.75 Å². The van der Waals surface area contributed by atoms with Crippen molar-refractivity contribution < 1.29 is 9.13 Å². The first-order valence-corrected chi connectivity index (χ1v) is 4.74. The molecule has 1 saturated heterocycles. The molecule has 1 fully saturated rings. The lowest BCUT2D eigenvalue weighted by molar-refractivity contribution is 0.383. The molecular weight excluding hydrogens is 183 g/mol. The van der Waals surface area contributed by atoms with E-state index >= 15 is 0 Å². The molecule has 1 N–H and O–H groups in total. The Hall–Kier alpha value is -1.16. The van der Waals surface area contributed by atoms with Crippen molar-refractivity contribution >= 4 is 0 Å². The average Bonchev–Trinajstić information content (AvgIpc) is 2.71. The van der Waals surface area contributed by atoms with Crippen LogP contribution in [0.2, 0.25) is 0 Å². The van der Waals surface area contributed by atoms with Crippen molar-refractivity contribution in [1.29, 1.82) is 0 Å². The number of ether oxygens (including phenoxy) is 1. The minimum atomic E-state index is -0.408. The molecule has 1 atom stereocenters. The monoisotopic (exact) mass is 196 g/mol. The molecule has 0 bridgehead atoms.